The number of allylic oxidation sites excluding steroid dienone is 1. The van der Waals surface area contributed by atoms with Gasteiger partial charge in [0.25, 0.3) is 5.69 Å². The molecule has 0 spiro atoms. The van der Waals surface area contributed by atoms with Gasteiger partial charge < -0.3 is 5.11 Å². The van der Waals surface area contributed by atoms with Crippen molar-refractivity contribution in [2.45, 2.75) is 19.3 Å². The Morgan fingerprint density at radius 1 is 1.20 bits per heavy atom. The highest BCUT2D eigenvalue weighted by Crippen LogP contribution is 2.39. The summed E-state index contributed by atoms with van der Waals surface area (Å²) in [7, 11) is 0. The van der Waals surface area contributed by atoms with Crippen molar-refractivity contribution in [3.05, 3.63) is 76.4 Å². The Morgan fingerprint density at radius 2 is 1.88 bits per heavy atom. The van der Waals surface area contributed by atoms with Crippen LogP contribution in [0.2, 0.25) is 0 Å². The number of nitro groups is 1. The molecule has 128 valence electrons. The summed E-state index contributed by atoms with van der Waals surface area (Å²) in [5.74, 6) is -0.0357. The number of nitrogens with zero attached hydrogens (tertiary/aromatic N) is 1. The van der Waals surface area contributed by atoms with Crippen molar-refractivity contribution in [3.63, 3.8) is 0 Å². The summed E-state index contributed by atoms with van der Waals surface area (Å²) < 4.78 is 0. The van der Waals surface area contributed by atoms with Crippen molar-refractivity contribution in [1.29, 1.82) is 0 Å². The summed E-state index contributed by atoms with van der Waals surface area (Å²) in [6.07, 6.45) is 3.44. The minimum Gasteiger partial charge on any atom is -0.395 e. The van der Waals surface area contributed by atoms with E-state index < -0.39 is 10.3 Å². The molecule has 1 aliphatic carbocycles. The fourth-order valence-electron chi connectivity index (χ4n) is 3.44. The highest BCUT2D eigenvalue weighted by atomic mass is 16.6. The molecular formula is C20H19NO4. The third-order valence-electron chi connectivity index (χ3n) is 4.95. The van der Waals surface area contributed by atoms with Crippen LogP contribution in [0.5, 0.6) is 0 Å². The normalized spacial score (nSPS) is 19.3. The zero-order chi connectivity index (χ0) is 18.0. The SMILES string of the molecule is C=CCC1(CO)CCc2cc(-c3ccc([N+](=O)[O-])cc3)ccc2C1=O. The van der Waals surface area contributed by atoms with Gasteiger partial charge in [0, 0.05) is 17.7 Å². The molecule has 1 atom stereocenters. The lowest BCUT2D eigenvalue weighted by atomic mass is 9.69. The summed E-state index contributed by atoms with van der Waals surface area (Å²) in [6, 6.07) is 12.0. The van der Waals surface area contributed by atoms with Gasteiger partial charge in [0.05, 0.1) is 16.9 Å². The number of nitro benzene ring substituents is 1. The molecule has 0 aliphatic heterocycles. The Labute approximate surface area is 145 Å². The van der Waals surface area contributed by atoms with Crippen LogP contribution in [0.15, 0.2) is 55.1 Å². The summed E-state index contributed by atoms with van der Waals surface area (Å²) in [5, 5.41) is 20.5. The monoisotopic (exact) mass is 337 g/mol. The minimum absolute atomic E-state index is 0.0357. The van der Waals surface area contributed by atoms with Gasteiger partial charge in [0.2, 0.25) is 0 Å². The van der Waals surface area contributed by atoms with Crippen LogP contribution in [0.1, 0.15) is 28.8 Å². The predicted molar refractivity (Wildman–Crippen MR) is 95.5 cm³/mol. The standard InChI is InChI=1S/C20H19NO4/c1-2-10-20(13-22)11-9-16-12-15(5-8-18(16)19(20)23)14-3-6-17(7-4-14)21(24)25/h2-8,12,22H,1,9-11,13H2. The predicted octanol–water partition coefficient (Wildman–Crippen LogP) is 3.95. The van der Waals surface area contributed by atoms with E-state index in [1.54, 1.807) is 24.3 Å². The van der Waals surface area contributed by atoms with Gasteiger partial charge in [0.1, 0.15) is 0 Å². The summed E-state index contributed by atoms with van der Waals surface area (Å²) in [6.45, 7) is 3.52. The Balaban J connectivity index is 1.95. The van der Waals surface area contributed by atoms with Gasteiger partial charge >= 0.3 is 0 Å². The van der Waals surface area contributed by atoms with Gasteiger partial charge in [-0.1, -0.05) is 24.3 Å². The van der Waals surface area contributed by atoms with Crippen LogP contribution in [-0.4, -0.2) is 22.4 Å². The molecule has 5 heteroatoms. The third kappa shape index (κ3) is 2.98. The van der Waals surface area contributed by atoms with E-state index in [-0.39, 0.29) is 18.1 Å². The first-order chi connectivity index (χ1) is 12.0. The van der Waals surface area contributed by atoms with E-state index in [2.05, 4.69) is 6.58 Å². The number of hydrogen-bond acceptors (Lipinski definition) is 4. The number of hydrogen-bond donors (Lipinski definition) is 1. The molecule has 3 rings (SSSR count). The second kappa shape index (κ2) is 6.61. The summed E-state index contributed by atoms with van der Waals surface area (Å²) in [5.41, 5.74) is 2.67. The summed E-state index contributed by atoms with van der Waals surface area (Å²) >= 11 is 0. The largest absolute Gasteiger partial charge is 0.395 e. The maximum Gasteiger partial charge on any atom is 0.269 e. The van der Waals surface area contributed by atoms with Crippen LogP contribution in [0.3, 0.4) is 0 Å². The van der Waals surface area contributed by atoms with Gasteiger partial charge in [-0.15, -0.1) is 6.58 Å². The maximum absolute atomic E-state index is 12.8. The van der Waals surface area contributed by atoms with E-state index in [1.165, 1.54) is 12.1 Å². The second-order valence-electron chi connectivity index (χ2n) is 6.44. The Hall–Kier alpha value is -2.79. The van der Waals surface area contributed by atoms with Gasteiger partial charge in [0.15, 0.2) is 5.78 Å². The number of Topliss-reactive ketones (excluding diaryl/α,β-unsaturated/α-hetero) is 1. The molecule has 0 saturated carbocycles. The highest BCUT2D eigenvalue weighted by Gasteiger charge is 2.41. The molecule has 1 N–H and O–H groups in total. The van der Waals surface area contributed by atoms with Gasteiger partial charge in [-0.2, -0.15) is 0 Å². The van der Waals surface area contributed by atoms with Crippen LogP contribution >= 0.6 is 0 Å². The lowest BCUT2D eigenvalue weighted by Gasteiger charge is -2.34. The number of aliphatic hydroxyl groups excluding tert-OH is 1. The lowest BCUT2D eigenvalue weighted by molar-refractivity contribution is -0.384. The fourth-order valence-corrected chi connectivity index (χ4v) is 3.44. The van der Waals surface area contributed by atoms with Crippen LogP contribution in [0.25, 0.3) is 11.1 Å². The Morgan fingerprint density at radius 3 is 2.48 bits per heavy atom. The number of carbonyl (C=O) groups excluding carboxylic acids is 1. The first-order valence-corrected chi connectivity index (χ1v) is 8.15. The molecule has 2 aromatic rings. The van der Waals surface area contributed by atoms with Crippen LogP contribution in [0, 0.1) is 15.5 Å². The average Bonchev–Trinajstić information content (AvgIpc) is 2.64. The number of carbonyl (C=O) groups is 1. The number of aliphatic hydroxyl groups is 1. The first-order valence-electron chi connectivity index (χ1n) is 8.15. The van der Waals surface area contributed by atoms with E-state index >= 15 is 0 Å². The van der Waals surface area contributed by atoms with Crippen molar-refractivity contribution >= 4 is 11.5 Å². The minimum atomic E-state index is -0.760. The molecule has 0 fully saturated rings. The summed E-state index contributed by atoms with van der Waals surface area (Å²) in [4.78, 5) is 23.2. The van der Waals surface area contributed by atoms with Crippen molar-refractivity contribution in [3.8, 4) is 11.1 Å². The van der Waals surface area contributed by atoms with Gasteiger partial charge in [-0.3, -0.25) is 14.9 Å². The van der Waals surface area contributed by atoms with Crippen molar-refractivity contribution in [2.24, 2.45) is 5.41 Å². The average molecular weight is 337 g/mol. The van der Waals surface area contributed by atoms with E-state index in [4.69, 9.17) is 0 Å². The molecule has 0 radical (unpaired) electrons. The van der Waals surface area contributed by atoms with Gasteiger partial charge in [-0.25, -0.2) is 0 Å². The number of fused-ring (bicyclic) bond motifs is 1. The molecule has 2 aromatic carbocycles. The molecule has 0 amide bonds. The molecular weight excluding hydrogens is 318 g/mol. The van der Waals surface area contributed by atoms with Crippen molar-refractivity contribution in [2.75, 3.05) is 6.61 Å². The molecule has 0 aromatic heterocycles. The quantitative estimate of drug-likeness (QED) is 0.509. The lowest BCUT2D eigenvalue weighted by Crippen LogP contribution is -2.38. The van der Waals surface area contributed by atoms with Crippen LogP contribution in [-0.2, 0) is 6.42 Å². The van der Waals surface area contributed by atoms with Crippen LogP contribution < -0.4 is 0 Å². The molecule has 0 bridgehead atoms. The number of aryl methyl sites for hydroxylation is 1. The first kappa shape index (κ1) is 17.0. The highest BCUT2D eigenvalue weighted by molar-refractivity contribution is 6.03. The molecule has 1 unspecified atom stereocenters. The smallest absolute Gasteiger partial charge is 0.269 e. The zero-order valence-electron chi connectivity index (χ0n) is 13.8. The number of rotatable bonds is 5. The number of non-ortho nitro benzene ring substituents is 1. The van der Waals surface area contributed by atoms with E-state index in [1.807, 2.05) is 12.1 Å². The molecule has 0 saturated heterocycles. The number of ketones is 1. The van der Waals surface area contributed by atoms with Gasteiger partial charge in [-0.05, 0) is 48.1 Å². The van der Waals surface area contributed by atoms with E-state index in [9.17, 15) is 20.0 Å². The van der Waals surface area contributed by atoms with Crippen molar-refractivity contribution < 1.29 is 14.8 Å². The zero-order valence-corrected chi connectivity index (χ0v) is 13.8. The van der Waals surface area contributed by atoms with Crippen LogP contribution in [0.4, 0.5) is 5.69 Å². The molecule has 0 heterocycles. The maximum atomic E-state index is 12.8. The molecule has 5 nitrogen and oxygen atoms in total. The number of benzene rings is 2. The Bertz CT molecular complexity index is 841. The molecule has 1 aliphatic rings. The fraction of sp³-hybridized carbons (Fsp3) is 0.250. The molecule has 25 heavy (non-hydrogen) atoms. The van der Waals surface area contributed by atoms with E-state index in [0.29, 0.717) is 24.8 Å². The van der Waals surface area contributed by atoms with E-state index in [0.717, 1.165) is 16.7 Å². The second-order valence-corrected chi connectivity index (χ2v) is 6.44. The third-order valence-corrected chi connectivity index (χ3v) is 4.95. The Kier molecular flexibility index (Phi) is 4.51. The topological polar surface area (TPSA) is 80.4 Å². The van der Waals surface area contributed by atoms with Crippen molar-refractivity contribution in [1.82, 2.24) is 0 Å².